The molecular weight excluding hydrogens is 412 g/mol. The van der Waals surface area contributed by atoms with Crippen LogP contribution >= 0.6 is 0 Å². The van der Waals surface area contributed by atoms with E-state index in [0.29, 0.717) is 17.0 Å². The molecule has 1 N–H and O–H groups in total. The van der Waals surface area contributed by atoms with Gasteiger partial charge in [0.05, 0.1) is 23.7 Å². The van der Waals surface area contributed by atoms with Crippen LogP contribution < -0.4 is 14.4 Å². The lowest BCUT2D eigenvalue weighted by atomic mass is 10.1. The summed E-state index contributed by atoms with van der Waals surface area (Å²) in [5, 5.41) is 2.96. The highest BCUT2D eigenvalue weighted by atomic mass is 32.2. The smallest absolute Gasteiger partial charge is 0.264 e. The molecule has 1 atom stereocenters. The van der Waals surface area contributed by atoms with Crippen molar-refractivity contribution in [1.82, 2.24) is 5.32 Å². The highest BCUT2D eigenvalue weighted by molar-refractivity contribution is 7.92. The van der Waals surface area contributed by atoms with Crippen molar-refractivity contribution in [2.24, 2.45) is 0 Å². The predicted molar refractivity (Wildman–Crippen MR) is 122 cm³/mol. The van der Waals surface area contributed by atoms with Crippen LogP contribution in [0.3, 0.4) is 0 Å². The third-order valence-corrected chi connectivity index (χ3v) is 6.91. The van der Waals surface area contributed by atoms with E-state index >= 15 is 0 Å². The number of nitrogens with one attached hydrogen (secondary N) is 1. The number of anilines is 1. The molecule has 3 rings (SSSR count). The van der Waals surface area contributed by atoms with Gasteiger partial charge in [-0.15, -0.1) is 0 Å². The van der Waals surface area contributed by atoms with Gasteiger partial charge in [0.25, 0.3) is 15.9 Å². The third-order valence-electron chi connectivity index (χ3n) is 5.11. The lowest BCUT2D eigenvalue weighted by Crippen LogP contribution is -2.28. The minimum absolute atomic E-state index is 0.138. The molecule has 1 amide bonds. The predicted octanol–water partition coefficient (Wildman–Crippen LogP) is 4.32. The summed E-state index contributed by atoms with van der Waals surface area (Å²) in [5.74, 6) is 0.299. The van der Waals surface area contributed by atoms with Crippen LogP contribution in [0.4, 0.5) is 5.69 Å². The van der Waals surface area contributed by atoms with Crippen LogP contribution in [-0.2, 0) is 10.0 Å². The minimum atomic E-state index is -3.78. The van der Waals surface area contributed by atoms with Gasteiger partial charge in [0.15, 0.2) is 0 Å². The molecule has 0 aliphatic carbocycles. The van der Waals surface area contributed by atoms with E-state index in [1.54, 1.807) is 36.4 Å². The number of methoxy groups -OCH3 is 1. The number of amides is 1. The molecule has 0 spiro atoms. The molecule has 0 radical (unpaired) electrons. The van der Waals surface area contributed by atoms with Gasteiger partial charge in [-0.05, 0) is 61.9 Å². The van der Waals surface area contributed by atoms with Crippen molar-refractivity contribution in [3.63, 3.8) is 0 Å². The number of hydrogen-bond acceptors (Lipinski definition) is 4. The fraction of sp³-hybridized carbons (Fsp3) is 0.208. The zero-order chi connectivity index (χ0) is 22.6. The number of carbonyl (C=O) groups is 1. The van der Waals surface area contributed by atoms with Crippen molar-refractivity contribution in [3.05, 3.63) is 89.5 Å². The van der Waals surface area contributed by atoms with Crippen LogP contribution in [0.1, 0.15) is 34.5 Å². The number of carbonyl (C=O) groups excluding carboxylic acids is 1. The molecule has 0 aliphatic rings. The zero-order valence-corrected chi connectivity index (χ0v) is 18.8. The first-order valence-corrected chi connectivity index (χ1v) is 11.3. The van der Waals surface area contributed by atoms with Crippen molar-refractivity contribution in [3.8, 4) is 5.75 Å². The van der Waals surface area contributed by atoms with Crippen molar-refractivity contribution >= 4 is 21.6 Å². The molecule has 31 heavy (non-hydrogen) atoms. The van der Waals surface area contributed by atoms with Gasteiger partial charge >= 0.3 is 0 Å². The number of hydrogen-bond donors (Lipinski definition) is 1. The van der Waals surface area contributed by atoms with Gasteiger partial charge in [0.1, 0.15) is 5.75 Å². The van der Waals surface area contributed by atoms with Crippen molar-refractivity contribution in [1.29, 1.82) is 0 Å². The van der Waals surface area contributed by atoms with Crippen LogP contribution in [0.5, 0.6) is 5.75 Å². The summed E-state index contributed by atoms with van der Waals surface area (Å²) in [6.07, 6.45) is 0. The Balaban J connectivity index is 1.79. The van der Waals surface area contributed by atoms with E-state index in [0.717, 1.165) is 15.4 Å². The SMILES string of the molecule is COc1ccc(S(=O)(=O)N(C)c2cccc(C(=O)N[C@H](C)c3ccc(C)cc3)c2)cc1. The molecule has 0 aromatic heterocycles. The Kier molecular flexibility index (Phi) is 6.65. The molecule has 162 valence electrons. The highest BCUT2D eigenvalue weighted by Gasteiger charge is 2.22. The molecule has 0 heterocycles. The maximum Gasteiger partial charge on any atom is 0.264 e. The number of ether oxygens (including phenoxy) is 1. The molecule has 0 fully saturated rings. The fourth-order valence-electron chi connectivity index (χ4n) is 3.11. The molecule has 3 aromatic rings. The van der Waals surface area contributed by atoms with E-state index in [-0.39, 0.29) is 16.8 Å². The molecule has 0 saturated heterocycles. The Morgan fingerprint density at radius 2 is 1.65 bits per heavy atom. The van der Waals surface area contributed by atoms with E-state index in [4.69, 9.17) is 4.74 Å². The van der Waals surface area contributed by atoms with E-state index in [1.807, 2.05) is 38.1 Å². The van der Waals surface area contributed by atoms with Gasteiger partial charge in [-0.1, -0.05) is 35.9 Å². The number of nitrogens with zero attached hydrogens (tertiary/aromatic N) is 1. The number of sulfonamides is 1. The molecule has 3 aromatic carbocycles. The zero-order valence-electron chi connectivity index (χ0n) is 18.0. The quantitative estimate of drug-likeness (QED) is 0.596. The van der Waals surface area contributed by atoms with Gasteiger partial charge in [0, 0.05) is 12.6 Å². The number of aryl methyl sites for hydroxylation is 1. The summed E-state index contributed by atoms with van der Waals surface area (Å²) in [7, 11) is -0.800. The van der Waals surface area contributed by atoms with Gasteiger partial charge in [0.2, 0.25) is 0 Å². The first kappa shape index (κ1) is 22.4. The monoisotopic (exact) mass is 438 g/mol. The second-order valence-corrected chi connectivity index (χ2v) is 9.27. The van der Waals surface area contributed by atoms with Gasteiger partial charge in [-0.3, -0.25) is 9.10 Å². The lowest BCUT2D eigenvalue weighted by molar-refractivity contribution is 0.0940. The fourth-order valence-corrected chi connectivity index (χ4v) is 4.29. The number of benzene rings is 3. The molecule has 0 aliphatic heterocycles. The Morgan fingerprint density at radius 3 is 2.26 bits per heavy atom. The van der Waals surface area contributed by atoms with Crippen LogP contribution in [0.15, 0.2) is 77.7 Å². The largest absolute Gasteiger partial charge is 0.497 e. The van der Waals surface area contributed by atoms with Crippen LogP contribution in [0.2, 0.25) is 0 Å². The second-order valence-electron chi connectivity index (χ2n) is 7.30. The maximum atomic E-state index is 13.0. The number of rotatable bonds is 7. The summed E-state index contributed by atoms with van der Waals surface area (Å²) in [5.41, 5.74) is 2.92. The normalized spacial score (nSPS) is 12.1. The summed E-state index contributed by atoms with van der Waals surface area (Å²) in [6, 6.07) is 20.5. The summed E-state index contributed by atoms with van der Waals surface area (Å²) >= 11 is 0. The first-order valence-electron chi connectivity index (χ1n) is 9.83. The molecule has 0 unspecified atom stereocenters. The Bertz CT molecular complexity index is 1160. The van der Waals surface area contributed by atoms with Gasteiger partial charge in [-0.25, -0.2) is 8.42 Å². The Hall–Kier alpha value is -3.32. The average molecular weight is 439 g/mol. The van der Waals surface area contributed by atoms with Crippen molar-refractivity contribution in [2.45, 2.75) is 24.8 Å². The van der Waals surface area contributed by atoms with E-state index < -0.39 is 10.0 Å². The molecule has 0 bridgehead atoms. The third kappa shape index (κ3) is 5.06. The standard InChI is InChI=1S/C24H26N2O4S/c1-17-8-10-19(11-9-17)18(2)25-24(27)20-6-5-7-21(16-20)26(3)31(28,29)23-14-12-22(30-4)13-15-23/h5-16,18H,1-4H3,(H,25,27)/t18-/m1/s1. The van der Waals surface area contributed by atoms with Crippen molar-refractivity contribution < 1.29 is 17.9 Å². The highest BCUT2D eigenvalue weighted by Crippen LogP contribution is 2.25. The Labute approximate surface area is 183 Å². The maximum absolute atomic E-state index is 13.0. The minimum Gasteiger partial charge on any atom is -0.497 e. The van der Waals surface area contributed by atoms with Gasteiger partial charge < -0.3 is 10.1 Å². The molecular formula is C24H26N2O4S. The summed E-state index contributed by atoms with van der Waals surface area (Å²) < 4.78 is 32.2. The molecule has 6 nitrogen and oxygen atoms in total. The van der Waals surface area contributed by atoms with E-state index in [9.17, 15) is 13.2 Å². The van der Waals surface area contributed by atoms with Crippen LogP contribution in [-0.4, -0.2) is 28.5 Å². The van der Waals surface area contributed by atoms with Crippen LogP contribution in [0.25, 0.3) is 0 Å². The molecule has 0 saturated carbocycles. The topological polar surface area (TPSA) is 75.7 Å². The van der Waals surface area contributed by atoms with E-state index in [1.165, 1.54) is 26.3 Å². The van der Waals surface area contributed by atoms with E-state index in [2.05, 4.69) is 5.32 Å². The molecule has 7 heteroatoms. The summed E-state index contributed by atoms with van der Waals surface area (Å²) in [6.45, 7) is 3.92. The lowest BCUT2D eigenvalue weighted by Gasteiger charge is -2.21. The Morgan fingerprint density at radius 1 is 1.00 bits per heavy atom. The average Bonchev–Trinajstić information content (AvgIpc) is 2.79. The summed E-state index contributed by atoms with van der Waals surface area (Å²) in [4.78, 5) is 12.9. The van der Waals surface area contributed by atoms with Crippen LogP contribution in [0, 0.1) is 6.92 Å². The second kappa shape index (κ2) is 9.22. The van der Waals surface area contributed by atoms with Gasteiger partial charge in [-0.2, -0.15) is 0 Å². The van der Waals surface area contributed by atoms with Crippen molar-refractivity contribution in [2.75, 3.05) is 18.5 Å². The first-order chi connectivity index (χ1) is 14.7.